The van der Waals surface area contributed by atoms with Gasteiger partial charge in [0.25, 0.3) is 10.0 Å². The van der Waals surface area contributed by atoms with E-state index in [-0.39, 0.29) is 15.6 Å². The number of rotatable bonds is 7. The maximum Gasteiger partial charge on any atom is 0.264 e. The van der Waals surface area contributed by atoms with Crippen molar-refractivity contribution < 1.29 is 17.9 Å². The second-order valence-electron chi connectivity index (χ2n) is 6.60. The Balaban J connectivity index is 1.99. The molecular weight excluding hydrogens is 459 g/mol. The average Bonchev–Trinajstić information content (AvgIpc) is 2.75. The van der Waals surface area contributed by atoms with Crippen LogP contribution in [0.4, 0.5) is 11.4 Å². The predicted molar refractivity (Wildman–Crippen MR) is 124 cm³/mol. The molecule has 0 saturated carbocycles. The van der Waals surface area contributed by atoms with E-state index < -0.39 is 22.5 Å². The molecule has 9 heteroatoms. The van der Waals surface area contributed by atoms with Gasteiger partial charge in [-0.25, -0.2) is 8.42 Å². The summed E-state index contributed by atoms with van der Waals surface area (Å²) >= 11 is 12.3. The lowest BCUT2D eigenvalue weighted by Crippen LogP contribution is -2.38. The highest BCUT2D eigenvalue weighted by Crippen LogP contribution is 2.32. The zero-order valence-electron chi connectivity index (χ0n) is 16.8. The second-order valence-corrected chi connectivity index (χ2v) is 9.28. The van der Waals surface area contributed by atoms with Crippen molar-refractivity contribution in [2.75, 3.05) is 23.3 Å². The number of sulfonamides is 1. The lowest BCUT2D eigenvalue weighted by atomic mass is 10.2. The Labute approximate surface area is 191 Å². The van der Waals surface area contributed by atoms with Crippen molar-refractivity contribution in [2.45, 2.75) is 11.8 Å². The van der Waals surface area contributed by atoms with Gasteiger partial charge in [0.2, 0.25) is 5.91 Å². The molecule has 3 aromatic rings. The molecular formula is C22H20Cl2N2O4S. The molecule has 6 nitrogen and oxygen atoms in total. The average molecular weight is 479 g/mol. The third-order valence-corrected chi connectivity index (χ3v) is 7.08. The van der Waals surface area contributed by atoms with Gasteiger partial charge in [-0.1, -0.05) is 47.5 Å². The van der Waals surface area contributed by atoms with Crippen LogP contribution in [0.25, 0.3) is 0 Å². The van der Waals surface area contributed by atoms with E-state index in [1.165, 1.54) is 31.4 Å². The summed E-state index contributed by atoms with van der Waals surface area (Å²) in [6.45, 7) is 1.30. The monoisotopic (exact) mass is 478 g/mol. The number of amides is 1. The molecule has 0 atom stereocenters. The Hall–Kier alpha value is -2.74. The first-order chi connectivity index (χ1) is 14.7. The number of hydrogen-bond acceptors (Lipinski definition) is 4. The molecule has 0 aliphatic carbocycles. The lowest BCUT2D eigenvalue weighted by Gasteiger charge is -2.25. The fraction of sp³-hybridized carbons (Fsp3) is 0.136. The van der Waals surface area contributed by atoms with Crippen LogP contribution in [-0.2, 0) is 14.8 Å². The SMILES string of the molecule is COc1ccc(N(CC(=O)Nc2cccc(Cl)c2C)S(=O)(=O)c2ccccc2)cc1Cl. The maximum atomic E-state index is 13.4. The normalized spacial score (nSPS) is 11.1. The number of halogens is 2. The third-order valence-electron chi connectivity index (χ3n) is 4.58. The van der Waals surface area contributed by atoms with Crippen molar-refractivity contribution >= 4 is 50.5 Å². The minimum absolute atomic E-state index is 0.0497. The van der Waals surface area contributed by atoms with Crippen molar-refractivity contribution in [1.29, 1.82) is 0 Å². The fourth-order valence-corrected chi connectivity index (χ4v) is 4.77. The molecule has 162 valence electrons. The van der Waals surface area contributed by atoms with E-state index in [2.05, 4.69) is 5.32 Å². The Bertz CT molecular complexity index is 1200. The Kier molecular flexibility index (Phi) is 7.10. The molecule has 0 unspecified atom stereocenters. The number of nitrogens with one attached hydrogen (secondary N) is 1. The van der Waals surface area contributed by atoms with Gasteiger partial charge in [0.1, 0.15) is 12.3 Å². The summed E-state index contributed by atoms with van der Waals surface area (Å²) in [7, 11) is -2.59. The summed E-state index contributed by atoms with van der Waals surface area (Å²) in [4.78, 5) is 12.9. The number of ether oxygens (including phenoxy) is 1. The van der Waals surface area contributed by atoms with Crippen molar-refractivity contribution in [3.05, 3.63) is 82.3 Å². The van der Waals surface area contributed by atoms with Gasteiger partial charge in [0, 0.05) is 10.7 Å². The van der Waals surface area contributed by atoms with E-state index in [1.54, 1.807) is 49.4 Å². The molecule has 0 spiro atoms. The quantitative estimate of drug-likeness (QED) is 0.509. The van der Waals surface area contributed by atoms with Crippen LogP contribution in [0.2, 0.25) is 10.0 Å². The van der Waals surface area contributed by atoms with Crippen molar-refractivity contribution in [3.63, 3.8) is 0 Å². The van der Waals surface area contributed by atoms with Gasteiger partial charge in [-0.3, -0.25) is 9.10 Å². The number of anilines is 2. The Morgan fingerprint density at radius 1 is 1.00 bits per heavy atom. The van der Waals surface area contributed by atoms with E-state index >= 15 is 0 Å². The second kappa shape index (κ2) is 9.60. The van der Waals surface area contributed by atoms with Crippen molar-refractivity contribution in [1.82, 2.24) is 0 Å². The molecule has 3 rings (SSSR count). The molecule has 0 radical (unpaired) electrons. The van der Waals surface area contributed by atoms with Crippen LogP contribution in [0.3, 0.4) is 0 Å². The van der Waals surface area contributed by atoms with E-state index in [1.807, 2.05) is 0 Å². The molecule has 0 fully saturated rings. The van der Waals surface area contributed by atoms with Gasteiger partial charge in [-0.05, 0) is 55.0 Å². The molecule has 1 N–H and O–H groups in total. The third kappa shape index (κ3) is 5.12. The highest BCUT2D eigenvalue weighted by Gasteiger charge is 2.28. The largest absolute Gasteiger partial charge is 0.495 e. The maximum absolute atomic E-state index is 13.4. The molecule has 0 aliphatic rings. The smallest absolute Gasteiger partial charge is 0.264 e. The number of hydrogen-bond donors (Lipinski definition) is 1. The van der Waals surface area contributed by atoms with Gasteiger partial charge in [-0.15, -0.1) is 0 Å². The van der Waals surface area contributed by atoms with Crippen LogP contribution in [0.1, 0.15) is 5.56 Å². The summed E-state index contributed by atoms with van der Waals surface area (Å²) in [5, 5.41) is 3.44. The van der Waals surface area contributed by atoms with Crippen LogP contribution in [0.5, 0.6) is 5.75 Å². The summed E-state index contributed by atoms with van der Waals surface area (Å²) in [6.07, 6.45) is 0. The van der Waals surface area contributed by atoms with Crippen molar-refractivity contribution in [3.8, 4) is 5.75 Å². The van der Waals surface area contributed by atoms with Crippen LogP contribution >= 0.6 is 23.2 Å². The molecule has 31 heavy (non-hydrogen) atoms. The Morgan fingerprint density at radius 3 is 2.35 bits per heavy atom. The van der Waals surface area contributed by atoms with Crippen LogP contribution in [-0.4, -0.2) is 28.0 Å². The lowest BCUT2D eigenvalue weighted by molar-refractivity contribution is -0.114. The molecule has 0 saturated heterocycles. The molecule has 3 aromatic carbocycles. The van der Waals surface area contributed by atoms with Gasteiger partial charge in [0.05, 0.1) is 22.7 Å². The summed E-state index contributed by atoms with van der Waals surface area (Å²) in [5.41, 5.74) is 1.41. The number of methoxy groups -OCH3 is 1. The number of benzene rings is 3. The van der Waals surface area contributed by atoms with E-state index in [0.29, 0.717) is 22.0 Å². The minimum Gasteiger partial charge on any atom is -0.495 e. The van der Waals surface area contributed by atoms with E-state index in [0.717, 1.165) is 4.31 Å². The van der Waals surface area contributed by atoms with Gasteiger partial charge in [0.15, 0.2) is 0 Å². The standard InChI is InChI=1S/C22H20Cl2N2O4S/c1-15-18(23)9-6-10-20(15)25-22(27)14-26(16-11-12-21(30-2)19(24)13-16)31(28,29)17-7-4-3-5-8-17/h3-13H,14H2,1-2H3,(H,25,27). The van der Waals surface area contributed by atoms with E-state index in [4.69, 9.17) is 27.9 Å². The van der Waals surface area contributed by atoms with Gasteiger partial charge in [-0.2, -0.15) is 0 Å². The first-order valence-corrected chi connectivity index (χ1v) is 11.4. The van der Waals surface area contributed by atoms with Crippen LogP contribution < -0.4 is 14.4 Å². The highest BCUT2D eigenvalue weighted by atomic mass is 35.5. The van der Waals surface area contributed by atoms with Gasteiger partial charge < -0.3 is 10.1 Å². The minimum atomic E-state index is -4.05. The summed E-state index contributed by atoms with van der Waals surface area (Å²) in [5.74, 6) is -0.140. The van der Waals surface area contributed by atoms with E-state index in [9.17, 15) is 13.2 Å². The zero-order valence-corrected chi connectivity index (χ0v) is 19.1. The molecule has 0 aliphatic heterocycles. The fourth-order valence-electron chi connectivity index (χ4n) is 2.91. The first kappa shape index (κ1) is 22.9. The summed E-state index contributed by atoms with van der Waals surface area (Å²) in [6, 6.07) is 17.5. The van der Waals surface area contributed by atoms with Crippen LogP contribution in [0, 0.1) is 6.92 Å². The van der Waals surface area contributed by atoms with Crippen molar-refractivity contribution in [2.24, 2.45) is 0 Å². The topological polar surface area (TPSA) is 75.7 Å². The Morgan fingerprint density at radius 2 is 1.71 bits per heavy atom. The number of carbonyl (C=O) groups excluding carboxylic acids is 1. The predicted octanol–water partition coefficient (Wildman–Crippen LogP) is 5.14. The zero-order chi connectivity index (χ0) is 22.6. The molecule has 1 amide bonds. The van der Waals surface area contributed by atoms with Gasteiger partial charge >= 0.3 is 0 Å². The number of carbonyl (C=O) groups is 1. The highest BCUT2D eigenvalue weighted by molar-refractivity contribution is 7.92. The number of nitrogens with zero attached hydrogens (tertiary/aromatic N) is 1. The van der Waals surface area contributed by atoms with Crippen LogP contribution in [0.15, 0.2) is 71.6 Å². The molecule has 0 bridgehead atoms. The molecule has 0 aromatic heterocycles. The first-order valence-electron chi connectivity index (χ1n) is 9.20. The summed E-state index contributed by atoms with van der Waals surface area (Å²) < 4.78 is 32.9. The molecule has 0 heterocycles.